The maximum absolute atomic E-state index is 12.1. The van der Waals surface area contributed by atoms with E-state index in [9.17, 15) is 8.42 Å². The number of aryl methyl sites for hydroxylation is 1. The second kappa shape index (κ2) is 4.99. The van der Waals surface area contributed by atoms with E-state index >= 15 is 0 Å². The van der Waals surface area contributed by atoms with Gasteiger partial charge in [0, 0.05) is 31.4 Å². The SMILES string of the molecule is CC1CCC(NS(=O)(=O)c2cn(C)cn2)C(C)N1. The van der Waals surface area contributed by atoms with Crippen molar-refractivity contribution in [3.63, 3.8) is 0 Å². The molecule has 0 bridgehead atoms. The minimum Gasteiger partial charge on any atom is -0.339 e. The van der Waals surface area contributed by atoms with E-state index in [4.69, 9.17) is 0 Å². The molecule has 0 aromatic carbocycles. The van der Waals surface area contributed by atoms with Crippen LogP contribution in [0.25, 0.3) is 0 Å². The van der Waals surface area contributed by atoms with E-state index in [1.165, 1.54) is 12.5 Å². The fraction of sp³-hybridized carbons (Fsp3) is 0.727. The van der Waals surface area contributed by atoms with Crippen LogP contribution in [0.1, 0.15) is 26.7 Å². The van der Waals surface area contributed by atoms with Crippen LogP contribution in [0.4, 0.5) is 0 Å². The number of rotatable bonds is 3. The molecule has 0 radical (unpaired) electrons. The summed E-state index contributed by atoms with van der Waals surface area (Å²) in [6.45, 7) is 4.11. The quantitative estimate of drug-likeness (QED) is 0.826. The van der Waals surface area contributed by atoms with E-state index in [0.29, 0.717) is 6.04 Å². The minimum atomic E-state index is -3.51. The van der Waals surface area contributed by atoms with E-state index in [0.717, 1.165) is 12.8 Å². The first-order chi connectivity index (χ1) is 8.38. The largest absolute Gasteiger partial charge is 0.339 e. The molecule has 0 aliphatic carbocycles. The molecule has 7 heteroatoms. The zero-order valence-electron chi connectivity index (χ0n) is 10.9. The van der Waals surface area contributed by atoms with Crippen molar-refractivity contribution in [2.75, 3.05) is 0 Å². The van der Waals surface area contributed by atoms with Crippen molar-refractivity contribution >= 4 is 10.0 Å². The van der Waals surface area contributed by atoms with Crippen LogP contribution < -0.4 is 10.0 Å². The van der Waals surface area contributed by atoms with Gasteiger partial charge in [0.1, 0.15) is 0 Å². The van der Waals surface area contributed by atoms with Crippen molar-refractivity contribution < 1.29 is 8.42 Å². The second-order valence-electron chi connectivity index (χ2n) is 5.04. The fourth-order valence-corrected chi connectivity index (χ4v) is 3.61. The summed E-state index contributed by atoms with van der Waals surface area (Å²) in [5.41, 5.74) is 0. The summed E-state index contributed by atoms with van der Waals surface area (Å²) in [5.74, 6) is 0. The maximum atomic E-state index is 12.1. The monoisotopic (exact) mass is 272 g/mol. The lowest BCUT2D eigenvalue weighted by molar-refractivity contribution is 0.296. The summed E-state index contributed by atoms with van der Waals surface area (Å²) >= 11 is 0. The molecule has 2 heterocycles. The van der Waals surface area contributed by atoms with Gasteiger partial charge in [0.25, 0.3) is 10.0 Å². The molecule has 3 atom stereocenters. The number of nitrogens with zero attached hydrogens (tertiary/aromatic N) is 2. The molecule has 1 aliphatic heterocycles. The zero-order chi connectivity index (χ0) is 13.3. The maximum Gasteiger partial charge on any atom is 0.259 e. The van der Waals surface area contributed by atoms with Crippen LogP contribution in [0.15, 0.2) is 17.6 Å². The number of sulfonamides is 1. The first kappa shape index (κ1) is 13.5. The highest BCUT2D eigenvalue weighted by Gasteiger charge is 2.29. The molecule has 0 amide bonds. The van der Waals surface area contributed by atoms with Crippen LogP contribution in [-0.4, -0.2) is 36.1 Å². The summed E-state index contributed by atoms with van der Waals surface area (Å²) in [5, 5.41) is 3.44. The van der Waals surface area contributed by atoms with E-state index < -0.39 is 10.0 Å². The average molecular weight is 272 g/mol. The van der Waals surface area contributed by atoms with Gasteiger partial charge in [-0.25, -0.2) is 18.1 Å². The van der Waals surface area contributed by atoms with E-state index in [1.54, 1.807) is 11.6 Å². The Morgan fingerprint density at radius 3 is 2.72 bits per heavy atom. The normalized spacial score (nSPS) is 29.4. The molecule has 1 saturated heterocycles. The van der Waals surface area contributed by atoms with Gasteiger partial charge in [0.2, 0.25) is 0 Å². The number of imidazole rings is 1. The van der Waals surface area contributed by atoms with Crippen molar-refractivity contribution in [2.45, 2.75) is 49.8 Å². The van der Waals surface area contributed by atoms with E-state index in [2.05, 4.69) is 21.9 Å². The topological polar surface area (TPSA) is 76.0 Å². The number of hydrogen-bond acceptors (Lipinski definition) is 4. The van der Waals surface area contributed by atoms with Gasteiger partial charge in [0.15, 0.2) is 5.03 Å². The first-order valence-electron chi connectivity index (χ1n) is 6.15. The molecule has 18 heavy (non-hydrogen) atoms. The predicted molar refractivity (Wildman–Crippen MR) is 68.6 cm³/mol. The highest BCUT2D eigenvalue weighted by atomic mass is 32.2. The van der Waals surface area contributed by atoms with Gasteiger partial charge in [-0.1, -0.05) is 0 Å². The van der Waals surface area contributed by atoms with Crippen LogP contribution >= 0.6 is 0 Å². The van der Waals surface area contributed by atoms with Gasteiger partial charge in [-0.3, -0.25) is 0 Å². The van der Waals surface area contributed by atoms with Crippen LogP contribution in [0.2, 0.25) is 0 Å². The number of hydrogen-bond donors (Lipinski definition) is 2. The zero-order valence-corrected chi connectivity index (χ0v) is 11.7. The Balaban J connectivity index is 2.09. The fourth-order valence-electron chi connectivity index (χ4n) is 2.28. The molecule has 0 saturated carbocycles. The van der Waals surface area contributed by atoms with Crippen LogP contribution in [-0.2, 0) is 17.1 Å². The highest BCUT2D eigenvalue weighted by Crippen LogP contribution is 2.15. The van der Waals surface area contributed by atoms with Crippen LogP contribution in [0.3, 0.4) is 0 Å². The summed E-state index contributed by atoms with van der Waals surface area (Å²) < 4.78 is 28.6. The Morgan fingerprint density at radius 2 is 2.17 bits per heavy atom. The average Bonchev–Trinajstić information content (AvgIpc) is 2.70. The van der Waals surface area contributed by atoms with Crippen molar-refractivity contribution in [3.05, 3.63) is 12.5 Å². The predicted octanol–water partition coefficient (Wildman–Crippen LogP) is 0.227. The smallest absolute Gasteiger partial charge is 0.259 e. The summed E-state index contributed by atoms with van der Waals surface area (Å²) in [6, 6.07) is 0.496. The molecule has 3 unspecified atom stereocenters. The van der Waals surface area contributed by atoms with Gasteiger partial charge in [-0.15, -0.1) is 0 Å². The molecule has 1 fully saturated rings. The molecule has 2 rings (SSSR count). The van der Waals surface area contributed by atoms with Crippen LogP contribution in [0, 0.1) is 0 Å². The van der Waals surface area contributed by atoms with Gasteiger partial charge in [0.05, 0.1) is 6.33 Å². The van der Waals surface area contributed by atoms with Gasteiger partial charge >= 0.3 is 0 Å². The van der Waals surface area contributed by atoms with Gasteiger partial charge in [-0.2, -0.15) is 0 Å². The summed E-state index contributed by atoms with van der Waals surface area (Å²) in [4.78, 5) is 3.89. The molecule has 2 N–H and O–H groups in total. The Kier molecular flexibility index (Phi) is 3.74. The highest BCUT2D eigenvalue weighted by molar-refractivity contribution is 7.89. The number of aromatic nitrogens is 2. The third-order valence-corrected chi connectivity index (χ3v) is 4.70. The number of piperidine rings is 1. The Morgan fingerprint density at radius 1 is 1.44 bits per heavy atom. The Bertz CT molecular complexity index is 511. The minimum absolute atomic E-state index is 0.0757. The van der Waals surface area contributed by atoms with Crippen molar-refractivity contribution in [1.82, 2.24) is 19.6 Å². The lowest BCUT2D eigenvalue weighted by Crippen LogP contribution is -2.54. The second-order valence-corrected chi connectivity index (χ2v) is 6.70. The van der Waals surface area contributed by atoms with Gasteiger partial charge in [-0.05, 0) is 26.7 Å². The lowest BCUT2D eigenvalue weighted by Gasteiger charge is -2.34. The van der Waals surface area contributed by atoms with Gasteiger partial charge < -0.3 is 9.88 Å². The molecule has 1 aromatic heterocycles. The molecule has 102 valence electrons. The molecule has 0 spiro atoms. The van der Waals surface area contributed by atoms with Crippen molar-refractivity contribution in [2.24, 2.45) is 7.05 Å². The summed E-state index contributed by atoms with van der Waals surface area (Å²) in [7, 11) is -1.76. The van der Waals surface area contributed by atoms with E-state index in [1.807, 2.05) is 6.92 Å². The summed E-state index contributed by atoms with van der Waals surface area (Å²) in [6.07, 6.45) is 4.81. The first-order valence-corrected chi connectivity index (χ1v) is 7.63. The number of nitrogens with one attached hydrogen (secondary N) is 2. The van der Waals surface area contributed by atoms with Crippen molar-refractivity contribution in [1.29, 1.82) is 0 Å². The molecular weight excluding hydrogens is 252 g/mol. The van der Waals surface area contributed by atoms with Crippen LogP contribution in [0.5, 0.6) is 0 Å². The Hall–Kier alpha value is -0.920. The molecular formula is C11H20N4O2S. The van der Waals surface area contributed by atoms with E-state index in [-0.39, 0.29) is 17.1 Å². The Labute approximate surface area is 108 Å². The lowest BCUT2D eigenvalue weighted by atomic mass is 9.96. The molecule has 1 aliphatic rings. The standard InChI is InChI=1S/C11H20N4O2S/c1-8-4-5-10(9(2)13-8)14-18(16,17)11-6-15(3)7-12-11/h6-10,13-14H,4-5H2,1-3H3. The third-order valence-electron chi connectivity index (χ3n) is 3.32. The van der Waals surface area contributed by atoms with Crippen molar-refractivity contribution in [3.8, 4) is 0 Å². The molecule has 6 nitrogen and oxygen atoms in total. The third kappa shape index (κ3) is 2.90. The molecule has 1 aromatic rings.